The number of halogens is 2. The van der Waals surface area contributed by atoms with E-state index in [4.69, 9.17) is 16.1 Å². The molecule has 4 rings (SSSR count). The van der Waals surface area contributed by atoms with Gasteiger partial charge in [0.15, 0.2) is 10.7 Å². The van der Waals surface area contributed by atoms with Gasteiger partial charge in [0, 0.05) is 29.4 Å². The minimum Gasteiger partial charge on any atom is -0.355 e. The Morgan fingerprint density at radius 1 is 1.24 bits per heavy atom. The third kappa shape index (κ3) is 5.22. The van der Waals surface area contributed by atoms with Gasteiger partial charge in [-0.05, 0) is 56.2 Å². The molecule has 34 heavy (non-hydrogen) atoms. The van der Waals surface area contributed by atoms with E-state index in [2.05, 4.69) is 10.5 Å². The number of hydrogen-bond donors (Lipinski definition) is 1. The van der Waals surface area contributed by atoms with Crippen LogP contribution < -0.4 is 5.32 Å². The van der Waals surface area contributed by atoms with Crippen molar-refractivity contribution in [3.63, 3.8) is 0 Å². The SMILES string of the molecule is Cc1noc(/C=C/c2ccccc2F)c1S(=O)(=O)N1CCCC(C(=O)Nc2cccc(Cl)c2)C1. The first-order valence-electron chi connectivity index (χ1n) is 10.7. The Bertz CT molecular complexity index is 1340. The smallest absolute Gasteiger partial charge is 0.248 e. The molecule has 0 bridgehead atoms. The molecule has 0 spiro atoms. The molecule has 1 aliphatic heterocycles. The van der Waals surface area contributed by atoms with Crippen molar-refractivity contribution in [1.82, 2.24) is 9.46 Å². The Hall–Kier alpha value is -3.01. The van der Waals surface area contributed by atoms with E-state index in [9.17, 15) is 17.6 Å². The number of amides is 1. The highest BCUT2D eigenvalue weighted by Gasteiger charge is 2.37. The largest absolute Gasteiger partial charge is 0.355 e. The summed E-state index contributed by atoms with van der Waals surface area (Å²) in [4.78, 5) is 12.7. The van der Waals surface area contributed by atoms with Gasteiger partial charge in [-0.3, -0.25) is 4.79 Å². The van der Waals surface area contributed by atoms with Crippen molar-refractivity contribution in [3.8, 4) is 0 Å². The number of piperidine rings is 1. The Morgan fingerprint density at radius 2 is 2.03 bits per heavy atom. The number of aromatic nitrogens is 1. The van der Waals surface area contributed by atoms with Gasteiger partial charge in [0.2, 0.25) is 15.9 Å². The van der Waals surface area contributed by atoms with Gasteiger partial charge in [-0.2, -0.15) is 4.31 Å². The normalized spacial score (nSPS) is 17.2. The summed E-state index contributed by atoms with van der Waals surface area (Å²) in [5.74, 6) is -1.24. The number of aryl methyl sites for hydroxylation is 1. The number of carbonyl (C=O) groups is 1. The topological polar surface area (TPSA) is 92.5 Å². The molecular weight excluding hydrogens is 481 g/mol. The third-order valence-electron chi connectivity index (χ3n) is 5.60. The molecule has 0 aliphatic carbocycles. The highest BCUT2D eigenvalue weighted by Crippen LogP contribution is 2.30. The molecule has 1 amide bonds. The summed E-state index contributed by atoms with van der Waals surface area (Å²) in [5, 5.41) is 7.11. The summed E-state index contributed by atoms with van der Waals surface area (Å²) >= 11 is 5.98. The van der Waals surface area contributed by atoms with Crippen molar-refractivity contribution < 1.29 is 22.1 Å². The number of nitrogens with zero attached hydrogens (tertiary/aromatic N) is 2. The predicted octanol–water partition coefficient (Wildman–Crippen LogP) is 4.99. The summed E-state index contributed by atoms with van der Waals surface area (Å²) in [5.41, 5.74) is 1.03. The Kier molecular flexibility index (Phi) is 7.16. The van der Waals surface area contributed by atoms with E-state index in [1.807, 2.05) is 0 Å². The van der Waals surface area contributed by atoms with Gasteiger partial charge in [-0.25, -0.2) is 12.8 Å². The third-order valence-corrected chi connectivity index (χ3v) is 7.86. The molecule has 2 aromatic carbocycles. The summed E-state index contributed by atoms with van der Waals surface area (Å²) in [6.45, 7) is 1.82. The van der Waals surface area contributed by atoms with Gasteiger partial charge in [0.1, 0.15) is 11.5 Å². The van der Waals surface area contributed by atoms with Crippen molar-refractivity contribution >= 4 is 45.4 Å². The average molecular weight is 504 g/mol. The van der Waals surface area contributed by atoms with Crippen LogP contribution >= 0.6 is 11.6 Å². The number of benzene rings is 2. The lowest BCUT2D eigenvalue weighted by atomic mass is 9.99. The Labute approximate surface area is 202 Å². The minimum absolute atomic E-state index is 0.00579. The van der Waals surface area contributed by atoms with Crippen LogP contribution in [-0.4, -0.2) is 36.9 Å². The van der Waals surface area contributed by atoms with Crippen LogP contribution in [-0.2, 0) is 14.8 Å². The number of hydrogen-bond acceptors (Lipinski definition) is 5. The summed E-state index contributed by atoms with van der Waals surface area (Å²) in [6.07, 6.45) is 3.91. The molecule has 1 atom stereocenters. The first-order chi connectivity index (χ1) is 16.3. The number of nitrogens with one attached hydrogen (secondary N) is 1. The second-order valence-corrected chi connectivity index (χ2v) is 10.3. The van der Waals surface area contributed by atoms with Gasteiger partial charge >= 0.3 is 0 Å². The second kappa shape index (κ2) is 10.1. The standard InChI is InChI=1S/C24H23ClFN3O4S/c1-16-23(22(33-28-16)12-11-17-6-2-3-10-21(17)26)34(31,32)29-13-5-7-18(15-29)24(30)27-20-9-4-8-19(25)14-20/h2-4,6,8-12,14,18H,5,7,13,15H2,1H3,(H,27,30)/b12-11+. The van der Waals surface area contributed by atoms with Crippen LogP contribution in [0.4, 0.5) is 10.1 Å². The van der Waals surface area contributed by atoms with Gasteiger partial charge in [0.25, 0.3) is 0 Å². The molecule has 3 aromatic rings. The van der Waals surface area contributed by atoms with Crippen molar-refractivity contribution in [2.75, 3.05) is 18.4 Å². The highest BCUT2D eigenvalue weighted by atomic mass is 35.5. The molecule has 1 saturated heterocycles. The van der Waals surface area contributed by atoms with E-state index in [-0.39, 0.29) is 40.9 Å². The van der Waals surface area contributed by atoms with Crippen molar-refractivity contribution in [2.24, 2.45) is 5.92 Å². The minimum atomic E-state index is -4.01. The molecule has 10 heteroatoms. The van der Waals surface area contributed by atoms with Crippen LogP contribution in [0.15, 0.2) is 57.9 Å². The molecule has 1 aliphatic rings. The fraction of sp³-hybridized carbons (Fsp3) is 0.250. The van der Waals surface area contributed by atoms with Gasteiger partial charge < -0.3 is 9.84 Å². The van der Waals surface area contributed by atoms with Crippen LogP contribution in [0.2, 0.25) is 5.02 Å². The molecule has 1 aromatic heterocycles. The van der Waals surface area contributed by atoms with Crippen LogP contribution in [0, 0.1) is 18.7 Å². The monoisotopic (exact) mass is 503 g/mol. The predicted molar refractivity (Wildman–Crippen MR) is 128 cm³/mol. The first-order valence-corrected chi connectivity index (χ1v) is 12.5. The van der Waals surface area contributed by atoms with Crippen LogP contribution in [0.3, 0.4) is 0 Å². The molecule has 178 valence electrons. The lowest BCUT2D eigenvalue weighted by Crippen LogP contribution is -2.43. The zero-order valence-corrected chi connectivity index (χ0v) is 19.9. The number of carbonyl (C=O) groups excluding carboxylic acids is 1. The number of rotatable bonds is 6. The van der Waals surface area contributed by atoms with E-state index in [0.29, 0.717) is 23.6 Å². The van der Waals surface area contributed by atoms with E-state index in [0.717, 1.165) is 0 Å². The van der Waals surface area contributed by atoms with Crippen molar-refractivity contribution in [2.45, 2.75) is 24.7 Å². The number of anilines is 1. The fourth-order valence-electron chi connectivity index (χ4n) is 3.89. The maximum absolute atomic E-state index is 14.0. The van der Waals surface area contributed by atoms with Gasteiger partial charge in [0.05, 0.1) is 5.92 Å². The highest BCUT2D eigenvalue weighted by molar-refractivity contribution is 7.89. The van der Waals surface area contributed by atoms with Crippen LogP contribution in [0.1, 0.15) is 29.9 Å². The fourth-order valence-corrected chi connectivity index (χ4v) is 5.85. The van der Waals surface area contributed by atoms with E-state index in [1.54, 1.807) is 42.5 Å². The van der Waals surface area contributed by atoms with Crippen LogP contribution in [0.25, 0.3) is 12.2 Å². The zero-order chi connectivity index (χ0) is 24.3. The molecule has 1 N–H and O–H groups in total. The zero-order valence-electron chi connectivity index (χ0n) is 18.4. The van der Waals surface area contributed by atoms with Gasteiger partial charge in [-0.15, -0.1) is 0 Å². The van der Waals surface area contributed by atoms with Gasteiger partial charge in [-0.1, -0.05) is 41.0 Å². The Balaban J connectivity index is 1.54. The molecule has 0 radical (unpaired) electrons. The summed E-state index contributed by atoms with van der Waals surface area (Å²) in [7, 11) is -4.01. The molecule has 1 unspecified atom stereocenters. The van der Waals surface area contributed by atoms with E-state index < -0.39 is 21.8 Å². The maximum atomic E-state index is 14.0. The van der Waals surface area contributed by atoms with E-state index in [1.165, 1.54) is 29.4 Å². The lowest BCUT2D eigenvalue weighted by Gasteiger charge is -2.31. The molecule has 7 nitrogen and oxygen atoms in total. The summed E-state index contributed by atoms with van der Waals surface area (Å²) in [6, 6.07) is 12.9. The maximum Gasteiger partial charge on any atom is 0.248 e. The second-order valence-electron chi connectivity index (χ2n) is 8.02. The average Bonchev–Trinajstić information content (AvgIpc) is 3.19. The molecular formula is C24H23ClFN3O4S. The van der Waals surface area contributed by atoms with E-state index >= 15 is 0 Å². The molecule has 0 saturated carbocycles. The first kappa shape index (κ1) is 24.1. The van der Waals surface area contributed by atoms with Crippen LogP contribution in [0.5, 0.6) is 0 Å². The quantitative estimate of drug-likeness (QED) is 0.512. The molecule has 2 heterocycles. The Morgan fingerprint density at radius 3 is 2.79 bits per heavy atom. The number of sulfonamides is 1. The van der Waals surface area contributed by atoms with Crippen molar-refractivity contribution in [1.29, 1.82) is 0 Å². The summed E-state index contributed by atoms with van der Waals surface area (Å²) < 4.78 is 47.5. The lowest BCUT2D eigenvalue weighted by molar-refractivity contribution is -0.120. The van der Waals surface area contributed by atoms with Crippen molar-refractivity contribution in [3.05, 3.63) is 76.4 Å². The molecule has 1 fully saturated rings.